The smallest absolute Gasteiger partial charge is 0.460 e. The molecular formula is C20H13Cl2F7N2O3. The molecule has 0 aliphatic carbocycles. The standard InChI is InChI=1S/C20H13Cl2F7N2O3/c21-12-6-7-15(13(22)8-12)34-10-16(32)31-17(33,18(23,24)19(25,26)20(27,28)29)9-14(30-31)11-4-2-1-3-5-11/h1-8,33H,9-10H2. The molecule has 0 aromatic heterocycles. The summed E-state index contributed by atoms with van der Waals surface area (Å²) in [5, 5.41) is 13.5. The van der Waals surface area contributed by atoms with Crippen molar-refractivity contribution in [2.45, 2.75) is 30.2 Å². The highest BCUT2D eigenvalue weighted by molar-refractivity contribution is 6.35. The Hall–Kier alpha value is -2.57. The van der Waals surface area contributed by atoms with Crippen LogP contribution in [0.2, 0.25) is 10.0 Å². The molecule has 2 aromatic rings. The average Bonchev–Trinajstić information content (AvgIpc) is 3.12. The SMILES string of the molecule is O=C(COc1ccc(Cl)cc1Cl)N1N=C(c2ccccc2)CC1(O)C(F)(F)C(F)(F)C(F)(F)F. The molecule has 1 heterocycles. The molecule has 1 unspecified atom stereocenters. The lowest BCUT2D eigenvalue weighted by molar-refractivity contribution is -0.401. The van der Waals surface area contributed by atoms with Gasteiger partial charge in [-0.1, -0.05) is 53.5 Å². The predicted octanol–water partition coefficient (Wildman–Crippen LogP) is 5.53. The number of hydrogen-bond donors (Lipinski definition) is 1. The summed E-state index contributed by atoms with van der Waals surface area (Å²) >= 11 is 11.6. The van der Waals surface area contributed by atoms with Gasteiger partial charge in [0.15, 0.2) is 6.61 Å². The number of hydrazone groups is 1. The van der Waals surface area contributed by atoms with Crippen LogP contribution in [-0.4, -0.2) is 52.1 Å². The third-order valence-corrected chi connectivity index (χ3v) is 5.36. The lowest BCUT2D eigenvalue weighted by atomic mass is 9.91. The molecule has 34 heavy (non-hydrogen) atoms. The number of carbonyl (C=O) groups is 1. The Morgan fingerprint density at radius 2 is 1.68 bits per heavy atom. The van der Waals surface area contributed by atoms with Gasteiger partial charge < -0.3 is 9.84 Å². The molecule has 2 aromatic carbocycles. The van der Waals surface area contributed by atoms with Crippen molar-refractivity contribution >= 4 is 34.8 Å². The van der Waals surface area contributed by atoms with Gasteiger partial charge in [0.1, 0.15) is 5.75 Å². The number of rotatable bonds is 6. The summed E-state index contributed by atoms with van der Waals surface area (Å²) in [7, 11) is 0. The van der Waals surface area contributed by atoms with Crippen LogP contribution in [0, 0.1) is 0 Å². The Morgan fingerprint density at radius 3 is 2.24 bits per heavy atom. The number of aliphatic hydroxyl groups is 1. The monoisotopic (exact) mass is 532 g/mol. The van der Waals surface area contributed by atoms with Crippen molar-refractivity contribution in [1.29, 1.82) is 0 Å². The number of hydrogen-bond acceptors (Lipinski definition) is 4. The van der Waals surface area contributed by atoms with E-state index in [-0.39, 0.29) is 21.4 Å². The van der Waals surface area contributed by atoms with Crippen LogP contribution in [0.15, 0.2) is 53.6 Å². The van der Waals surface area contributed by atoms with Gasteiger partial charge in [0.2, 0.25) is 5.72 Å². The number of benzene rings is 2. The molecule has 1 atom stereocenters. The Morgan fingerprint density at radius 1 is 1.06 bits per heavy atom. The van der Waals surface area contributed by atoms with Gasteiger partial charge in [0.25, 0.3) is 5.91 Å². The molecule has 1 N–H and O–H groups in total. The maximum Gasteiger partial charge on any atom is 0.460 e. The van der Waals surface area contributed by atoms with Crippen LogP contribution in [0.4, 0.5) is 30.7 Å². The quantitative estimate of drug-likeness (QED) is 0.497. The fourth-order valence-electron chi connectivity index (χ4n) is 3.07. The highest BCUT2D eigenvalue weighted by Gasteiger charge is 2.82. The van der Waals surface area contributed by atoms with Gasteiger partial charge in [-0.2, -0.15) is 40.8 Å². The molecule has 0 spiro atoms. The largest absolute Gasteiger partial charge is 0.482 e. The molecule has 0 bridgehead atoms. The van der Waals surface area contributed by atoms with E-state index in [9.17, 15) is 40.6 Å². The minimum atomic E-state index is -6.75. The van der Waals surface area contributed by atoms with Gasteiger partial charge in [-0.3, -0.25) is 4.79 Å². The number of nitrogens with zero attached hydrogens (tertiary/aromatic N) is 2. The van der Waals surface area contributed by atoms with E-state index in [2.05, 4.69) is 5.10 Å². The molecule has 3 rings (SSSR count). The fourth-order valence-corrected chi connectivity index (χ4v) is 3.53. The summed E-state index contributed by atoms with van der Waals surface area (Å²) in [5.74, 6) is -14.7. The number of amides is 1. The Kier molecular flexibility index (Phi) is 6.81. The van der Waals surface area contributed by atoms with E-state index in [1.54, 1.807) is 0 Å². The maximum absolute atomic E-state index is 14.7. The molecule has 0 saturated carbocycles. The maximum atomic E-state index is 14.7. The van der Waals surface area contributed by atoms with E-state index in [4.69, 9.17) is 27.9 Å². The lowest BCUT2D eigenvalue weighted by Crippen LogP contribution is -2.69. The summed E-state index contributed by atoms with van der Waals surface area (Å²) in [6, 6.07) is 10.5. The first kappa shape index (κ1) is 26.0. The van der Waals surface area contributed by atoms with Crippen molar-refractivity contribution in [3.05, 3.63) is 64.1 Å². The van der Waals surface area contributed by atoms with Crippen molar-refractivity contribution in [3.8, 4) is 5.75 Å². The summed E-state index contributed by atoms with van der Waals surface area (Å²) in [4.78, 5) is 12.6. The van der Waals surface area contributed by atoms with Crippen LogP contribution in [0.3, 0.4) is 0 Å². The van der Waals surface area contributed by atoms with Crippen molar-refractivity contribution in [1.82, 2.24) is 5.01 Å². The van der Waals surface area contributed by atoms with Gasteiger partial charge >= 0.3 is 18.0 Å². The predicted molar refractivity (Wildman–Crippen MR) is 107 cm³/mol. The normalized spacial score (nSPS) is 19.2. The molecule has 1 aliphatic heterocycles. The van der Waals surface area contributed by atoms with Crippen LogP contribution >= 0.6 is 23.2 Å². The number of alkyl halides is 7. The fraction of sp³-hybridized carbons (Fsp3) is 0.300. The number of carbonyl (C=O) groups excluding carboxylic acids is 1. The van der Waals surface area contributed by atoms with E-state index >= 15 is 0 Å². The van der Waals surface area contributed by atoms with E-state index in [1.807, 2.05) is 0 Å². The molecular weight excluding hydrogens is 520 g/mol. The van der Waals surface area contributed by atoms with Crippen LogP contribution in [0.1, 0.15) is 12.0 Å². The van der Waals surface area contributed by atoms with Crippen LogP contribution in [-0.2, 0) is 4.79 Å². The van der Waals surface area contributed by atoms with Crippen molar-refractivity contribution in [3.63, 3.8) is 0 Å². The van der Waals surface area contributed by atoms with Crippen LogP contribution in [0.25, 0.3) is 0 Å². The van der Waals surface area contributed by atoms with Crippen molar-refractivity contribution in [2.75, 3.05) is 6.61 Å². The second-order valence-electron chi connectivity index (χ2n) is 7.12. The number of ether oxygens (including phenoxy) is 1. The summed E-state index contributed by atoms with van der Waals surface area (Å²) in [6.07, 6.45) is -8.27. The first-order valence-corrected chi connectivity index (χ1v) is 9.96. The molecule has 0 radical (unpaired) electrons. The van der Waals surface area contributed by atoms with E-state index in [0.717, 1.165) is 0 Å². The minimum absolute atomic E-state index is 0.00372. The Bertz CT molecular complexity index is 1110. The molecule has 1 aliphatic rings. The van der Waals surface area contributed by atoms with Crippen LogP contribution < -0.4 is 4.74 Å². The Labute approximate surface area is 197 Å². The summed E-state index contributed by atoms with van der Waals surface area (Å²) in [5.41, 5.74) is -4.90. The van der Waals surface area contributed by atoms with E-state index in [0.29, 0.717) is 0 Å². The van der Waals surface area contributed by atoms with Gasteiger partial charge in [-0.05, 0) is 23.8 Å². The summed E-state index contributed by atoms with van der Waals surface area (Å²) < 4.78 is 101. The first-order chi connectivity index (χ1) is 15.6. The zero-order chi connectivity index (χ0) is 25.5. The van der Waals surface area contributed by atoms with Gasteiger partial charge in [0.05, 0.1) is 10.7 Å². The van der Waals surface area contributed by atoms with Gasteiger partial charge in [-0.25, -0.2) is 0 Å². The molecule has 5 nitrogen and oxygen atoms in total. The first-order valence-electron chi connectivity index (χ1n) is 9.20. The molecule has 0 saturated heterocycles. The molecule has 14 heteroatoms. The van der Waals surface area contributed by atoms with E-state index < -0.39 is 53.4 Å². The van der Waals surface area contributed by atoms with Crippen molar-refractivity contribution in [2.24, 2.45) is 5.10 Å². The highest BCUT2D eigenvalue weighted by atomic mass is 35.5. The molecule has 1 amide bonds. The summed E-state index contributed by atoms with van der Waals surface area (Å²) in [6.45, 7) is -1.19. The topological polar surface area (TPSA) is 62.1 Å². The van der Waals surface area contributed by atoms with Crippen LogP contribution in [0.5, 0.6) is 5.75 Å². The second-order valence-corrected chi connectivity index (χ2v) is 7.97. The second kappa shape index (κ2) is 8.90. The third kappa shape index (κ3) is 4.41. The third-order valence-electron chi connectivity index (χ3n) is 4.83. The minimum Gasteiger partial charge on any atom is -0.482 e. The van der Waals surface area contributed by atoms with Gasteiger partial charge in [-0.15, -0.1) is 0 Å². The van der Waals surface area contributed by atoms with Crippen molar-refractivity contribution < 1.29 is 45.4 Å². The van der Waals surface area contributed by atoms with E-state index in [1.165, 1.54) is 48.5 Å². The lowest BCUT2D eigenvalue weighted by Gasteiger charge is -2.41. The molecule has 184 valence electrons. The molecule has 0 fully saturated rings. The number of halogens is 9. The zero-order valence-corrected chi connectivity index (χ0v) is 18.1. The zero-order valence-electron chi connectivity index (χ0n) is 16.6. The van der Waals surface area contributed by atoms with Gasteiger partial charge in [0, 0.05) is 11.4 Å². The highest BCUT2D eigenvalue weighted by Crippen LogP contribution is 2.54. The Balaban J connectivity index is 1.99. The average molecular weight is 533 g/mol.